The van der Waals surface area contributed by atoms with Crippen LogP contribution in [0.25, 0.3) is 0 Å². The van der Waals surface area contributed by atoms with Gasteiger partial charge in [0.25, 0.3) is 5.91 Å². The van der Waals surface area contributed by atoms with Crippen molar-refractivity contribution in [2.45, 2.75) is 50.4 Å². The molecule has 0 spiro atoms. The molecular weight excluding hydrogens is 499 g/mol. The van der Waals surface area contributed by atoms with Crippen molar-refractivity contribution in [1.82, 2.24) is 15.1 Å². The second-order valence-corrected chi connectivity index (χ2v) is 8.79. The van der Waals surface area contributed by atoms with Crippen LogP contribution in [0, 0.1) is 0 Å². The molecule has 0 aromatic heterocycles. The van der Waals surface area contributed by atoms with E-state index in [0.717, 1.165) is 57.6 Å². The van der Waals surface area contributed by atoms with Crippen molar-refractivity contribution in [2.24, 2.45) is 0 Å². The van der Waals surface area contributed by atoms with Crippen molar-refractivity contribution in [3.63, 3.8) is 0 Å². The SMILES string of the molecule is COC1CN(CCCC(=O)N2CCCC2)CCC1NC(=O)c1cccc(C(F)(F)F)c1.O=C([O-])C(=O)[O-]. The van der Waals surface area contributed by atoms with Crippen LogP contribution < -0.4 is 15.5 Å². The van der Waals surface area contributed by atoms with Crippen LogP contribution in [0.2, 0.25) is 0 Å². The van der Waals surface area contributed by atoms with Gasteiger partial charge in [0.15, 0.2) is 0 Å². The van der Waals surface area contributed by atoms with Crippen molar-refractivity contribution in [3.8, 4) is 0 Å². The number of aliphatic carboxylic acids is 2. The molecule has 1 aromatic rings. The second-order valence-electron chi connectivity index (χ2n) is 8.79. The van der Waals surface area contributed by atoms with Gasteiger partial charge in [0.1, 0.15) is 0 Å². The lowest BCUT2D eigenvalue weighted by Gasteiger charge is -2.38. The number of hydrogen-bond donors (Lipinski definition) is 1. The van der Waals surface area contributed by atoms with E-state index in [2.05, 4.69) is 10.2 Å². The van der Waals surface area contributed by atoms with E-state index < -0.39 is 29.6 Å². The highest BCUT2D eigenvalue weighted by atomic mass is 19.4. The van der Waals surface area contributed by atoms with E-state index in [1.54, 1.807) is 7.11 Å². The third kappa shape index (κ3) is 9.65. The summed E-state index contributed by atoms with van der Waals surface area (Å²) in [5.41, 5.74) is -0.866. The third-order valence-corrected chi connectivity index (χ3v) is 6.21. The van der Waals surface area contributed by atoms with Crippen molar-refractivity contribution < 1.29 is 47.3 Å². The zero-order valence-electron chi connectivity index (χ0n) is 20.4. The number of alkyl halides is 3. The zero-order valence-corrected chi connectivity index (χ0v) is 20.4. The summed E-state index contributed by atoms with van der Waals surface area (Å²) in [6.45, 7) is 3.82. The number of carbonyl (C=O) groups is 4. The van der Waals surface area contributed by atoms with Gasteiger partial charge in [-0.2, -0.15) is 13.2 Å². The highest BCUT2D eigenvalue weighted by Gasteiger charge is 2.33. The Bertz CT molecular complexity index is 940. The molecule has 2 atom stereocenters. The lowest BCUT2D eigenvalue weighted by Crippen LogP contribution is -2.55. The van der Waals surface area contributed by atoms with E-state index in [-0.39, 0.29) is 23.6 Å². The molecule has 2 heterocycles. The predicted molar refractivity (Wildman–Crippen MR) is 120 cm³/mol. The van der Waals surface area contributed by atoms with Crippen LogP contribution in [0.3, 0.4) is 0 Å². The predicted octanol–water partition coefficient (Wildman–Crippen LogP) is -0.587. The van der Waals surface area contributed by atoms with E-state index in [4.69, 9.17) is 24.5 Å². The maximum Gasteiger partial charge on any atom is 0.416 e. The minimum Gasteiger partial charge on any atom is -0.543 e. The smallest absolute Gasteiger partial charge is 0.416 e. The fourth-order valence-corrected chi connectivity index (χ4v) is 4.25. The van der Waals surface area contributed by atoms with Gasteiger partial charge in [-0.25, -0.2) is 0 Å². The number of benzene rings is 1. The summed E-state index contributed by atoms with van der Waals surface area (Å²) in [6.07, 6.45) is -0.660. The number of piperidine rings is 1. The number of likely N-dealkylation sites (tertiary alicyclic amines) is 2. The second kappa shape index (κ2) is 13.9. The molecule has 2 aliphatic heterocycles. The summed E-state index contributed by atoms with van der Waals surface area (Å²) in [5.74, 6) is -4.70. The first-order chi connectivity index (χ1) is 17.4. The maximum absolute atomic E-state index is 12.9. The third-order valence-electron chi connectivity index (χ3n) is 6.21. The Labute approximate surface area is 212 Å². The van der Waals surface area contributed by atoms with E-state index in [1.165, 1.54) is 12.1 Å². The number of ether oxygens (including phenoxy) is 1. The molecular formula is C24H30F3N3O7-2. The summed E-state index contributed by atoms with van der Waals surface area (Å²) >= 11 is 0. The number of carboxylic acid groups (broad SMARTS) is 2. The number of carboxylic acids is 2. The molecule has 2 aliphatic rings. The summed E-state index contributed by atoms with van der Waals surface area (Å²) in [6, 6.07) is 4.14. The van der Waals surface area contributed by atoms with Gasteiger partial charge in [0.2, 0.25) is 5.91 Å². The van der Waals surface area contributed by atoms with Crippen molar-refractivity contribution in [3.05, 3.63) is 35.4 Å². The molecule has 1 N–H and O–H groups in total. The van der Waals surface area contributed by atoms with Gasteiger partial charge in [0.05, 0.1) is 29.6 Å². The number of amides is 2. The largest absolute Gasteiger partial charge is 0.543 e. The van der Waals surface area contributed by atoms with Crippen molar-refractivity contribution >= 4 is 23.8 Å². The first-order valence-electron chi connectivity index (χ1n) is 11.9. The van der Waals surface area contributed by atoms with Crippen LogP contribution in [-0.2, 0) is 25.3 Å². The average molecular weight is 530 g/mol. The molecule has 37 heavy (non-hydrogen) atoms. The standard InChI is InChI=1S/C22H30F3N3O3.C2H2O4/c1-31-19-15-27(10-5-8-20(29)28-11-2-3-12-28)13-9-18(19)26-21(30)16-6-4-7-17(14-16)22(23,24)25;3-1(4)2(5)6/h4,6-7,14,18-19H,2-3,5,8-13,15H2,1H3,(H,26,30);(H,3,4)(H,5,6)/p-2. The van der Waals surface area contributed by atoms with E-state index in [0.29, 0.717) is 19.4 Å². The first-order valence-corrected chi connectivity index (χ1v) is 11.9. The van der Waals surface area contributed by atoms with Crippen LogP contribution in [0.15, 0.2) is 24.3 Å². The van der Waals surface area contributed by atoms with Crippen LogP contribution >= 0.6 is 0 Å². The number of nitrogens with one attached hydrogen (secondary N) is 1. The molecule has 0 radical (unpaired) electrons. The Morgan fingerprint density at radius 1 is 1.08 bits per heavy atom. The Morgan fingerprint density at radius 3 is 2.30 bits per heavy atom. The van der Waals surface area contributed by atoms with E-state index in [9.17, 15) is 22.8 Å². The lowest BCUT2D eigenvalue weighted by molar-refractivity contribution is -0.345. The van der Waals surface area contributed by atoms with Crippen LogP contribution in [0.5, 0.6) is 0 Å². The first kappa shape index (κ1) is 30.0. The van der Waals surface area contributed by atoms with Crippen molar-refractivity contribution in [1.29, 1.82) is 0 Å². The number of carbonyl (C=O) groups excluding carboxylic acids is 4. The van der Waals surface area contributed by atoms with Gasteiger partial charge in [-0.3, -0.25) is 9.59 Å². The average Bonchev–Trinajstić information content (AvgIpc) is 3.40. The normalized spacial score (nSPS) is 20.1. The molecule has 0 bridgehead atoms. The summed E-state index contributed by atoms with van der Waals surface area (Å²) in [4.78, 5) is 46.7. The minimum absolute atomic E-state index is 0.0208. The van der Waals surface area contributed by atoms with E-state index >= 15 is 0 Å². The summed E-state index contributed by atoms with van der Waals surface area (Å²) < 4.78 is 44.3. The zero-order chi connectivity index (χ0) is 27.6. The molecule has 206 valence electrons. The molecule has 2 amide bonds. The molecule has 10 nitrogen and oxygen atoms in total. The van der Waals surface area contributed by atoms with Gasteiger partial charge < -0.3 is 39.7 Å². The number of methoxy groups -OCH3 is 1. The molecule has 13 heteroatoms. The number of rotatable bonds is 7. The Hall–Kier alpha value is -3.19. The topological polar surface area (TPSA) is 142 Å². The van der Waals surface area contributed by atoms with E-state index in [1.807, 2.05) is 4.90 Å². The quantitative estimate of drug-likeness (QED) is 0.462. The highest BCUT2D eigenvalue weighted by Crippen LogP contribution is 2.29. The van der Waals surface area contributed by atoms with Gasteiger partial charge in [-0.15, -0.1) is 0 Å². The fraction of sp³-hybridized carbons (Fsp3) is 0.583. The molecule has 3 rings (SSSR count). The van der Waals surface area contributed by atoms with Crippen LogP contribution in [-0.4, -0.2) is 85.5 Å². The summed E-state index contributed by atoms with van der Waals surface area (Å²) in [7, 11) is 1.56. The van der Waals surface area contributed by atoms with Crippen LogP contribution in [0.1, 0.15) is 48.0 Å². The molecule has 0 saturated carbocycles. The molecule has 0 aliphatic carbocycles. The molecule has 2 saturated heterocycles. The Balaban J connectivity index is 0.000000717. The van der Waals surface area contributed by atoms with Gasteiger partial charge in [-0.1, -0.05) is 6.07 Å². The highest BCUT2D eigenvalue weighted by molar-refractivity contribution is 6.25. The van der Waals surface area contributed by atoms with Gasteiger partial charge in [-0.05, 0) is 50.4 Å². The molecule has 2 unspecified atom stereocenters. The monoisotopic (exact) mass is 529 g/mol. The molecule has 1 aromatic carbocycles. The maximum atomic E-state index is 12.9. The Morgan fingerprint density at radius 2 is 1.73 bits per heavy atom. The number of nitrogens with zero attached hydrogens (tertiary/aromatic N) is 2. The van der Waals surface area contributed by atoms with Gasteiger partial charge >= 0.3 is 6.18 Å². The minimum atomic E-state index is -4.49. The van der Waals surface area contributed by atoms with Crippen LogP contribution in [0.4, 0.5) is 13.2 Å². The van der Waals surface area contributed by atoms with Gasteiger partial charge in [0, 0.05) is 45.3 Å². The number of halogens is 3. The Kier molecular flexibility index (Phi) is 11.3. The lowest BCUT2D eigenvalue weighted by atomic mass is 10.00. The number of hydrogen-bond acceptors (Lipinski definition) is 8. The van der Waals surface area contributed by atoms with Crippen molar-refractivity contribution in [2.75, 3.05) is 39.8 Å². The summed E-state index contributed by atoms with van der Waals surface area (Å²) in [5, 5.41) is 20.7. The fourth-order valence-electron chi connectivity index (χ4n) is 4.25. The molecule has 2 fully saturated rings.